The fourth-order valence-corrected chi connectivity index (χ4v) is 3.13. The van der Waals surface area contributed by atoms with Gasteiger partial charge in [-0.2, -0.15) is 11.8 Å². The van der Waals surface area contributed by atoms with Crippen LogP contribution >= 0.6 is 11.8 Å². The molecule has 0 spiro atoms. The summed E-state index contributed by atoms with van der Waals surface area (Å²) in [4.78, 5) is 0. The van der Waals surface area contributed by atoms with E-state index in [0.717, 1.165) is 12.1 Å². The summed E-state index contributed by atoms with van der Waals surface area (Å²) in [6.07, 6.45) is 7.58. The first-order chi connectivity index (χ1) is 6.57. The first-order valence-electron chi connectivity index (χ1n) is 5.82. The van der Waals surface area contributed by atoms with E-state index in [2.05, 4.69) is 32.3 Å². The number of rotatable bonds is 5. The third-order valence-corrected chi connectivity index (χ3v) is 4.04. The van der Waals surface area contributed by atoms with Gasteiger partial charge in [0.15, 0.2) is 0 Å². The average Bonchev–Trinajstić information content (AvgIpc) is 2.45. The number of thioether (sulfide) groups is 1. The van der Waals surface area contributed by atoms with Crippen LogP contribution in [0.5, 0.6) is 0 Å². The van der Waals surface area contributed by atoms with E-state index < -0.39 is 0 Å². The van der Waals surface area contributed by atoms with Crippen molar-refractivity contribution in [2.75, 3.05) is 12.0 Å². The molecule has 2 unspecified atom stereocenters. The van der Waals surface area contributed by atoms with E-state index in [-0.39, 0.29) is 0 Å². The maximum atomic E-state index is 3.80. The molecule has 2 heteroatoms. The zero-order chi connectivity index (χ0) is 10.6. The van der Waals surface area contributed by atoms with Crippen molar-refractivity contribution >= 4 is 11.8 Å². The van der Waals surface area contributed by atoms with Gasteiger partial charge in [-0.1, -0.05) is 20.8 Å². The maximum absolute atomic E-state index is 3.80. The van der Waals surface area contributed by atoms with E-state index in [0.29, 0.717) is 5.41 Å². The Labute approximate surface area is 93.4 Å². The topological polar surface area (TPSA) is 12.0 Å². The molecule has 0 aromatic carbocycles. The van der Waals surface area contributed by atoms with Crippen molar-refractivity contribution in [3.05, 3.63) is 0 Å². The lowest BCUT2D eigenvalue weighted by atomic mass is 9.92. The van der Waals surface area contributed by atoms with E-state index in [1.807, 2.05) is 11.8 Å². The van der Waals surface area contributed by atoms with Crippen LogP contribution in [-0.4, -0.2) is 24.1 Å². The predicted molar refractivity (Wildman–Crippen MR) is 67.0 cm³/mol. The van der Waals surface area contributed by atoms with E-state index in [1.165, 1.54) is 31.4 Å². The highest BCUT2D eigenvalue weighted by Gasteiger charge is 2.31. The van der Waals surface area contributed by atoms with Crippen LogP contribution in [0.4, 0.5) is 0 Å². The molecule has 0 aromatic heterocycles. The highest BCUT2D eigenvalue weighted by molar-refractivity contribution is 7.98. The third-order valence-electron chi connectivity index (χ3n) is 3.30. The van der Waals surface area contributed by atoms with Crippen molar-refractivity contribution < 1.29 is 0 Å². The minimum absolute atomic E-state index is 0.579. The first kappa shape index (κ1) is 12.4. The molecule has 0 saturated heterocycles. The van der Waals surface area contributed by atoms with Gasteiger partial charge in [0.25, 0.3) is 0 Å². The molecule has 84 valence electrons. The molecule has 14 heavy (non-hydrogen) atoms. The average molecular weight is 215 g/mol. The van der Waals surface area contributed by atoms with E-state index in [4.69, 9.17) is 0 Å². The molecule has 1 aliphatic carbocycles. The second kappa shape index (κ2) is 5.41. The Hall–Kier alpha value is 0.310. The smallest absolute Gasteiger partial charge is 0.0158 e. The van der Waals surface area contributed by atoms with Gasteiger partial charge in [-0.25, -0.2) is 0 Å². The number of nitrogens with one attached hydrogen (secondary N) is 1. The molecule has 2 atom stereocenters. The second-order valence-electron chi connectivity index (χ2n) is 5.33. The molecular weight excluding hydrogens is 190 g/mol. The summed E-state index contributed by atoms with van der Waals surface area (Å²) >= 11 is 1.96. The zero-order valence-electron chi connectivity index (χ0n) is 10.1. The molecule has 0 aromatic rings. The molecule has 0 amide bonds. The summed E-state index contributed by atoms with van der Waals surface area (Å²) in [7, 11) is 0. The fraction of sp³-hybridized carbons (Fsp3) is 1.00. The normalized spacial score (nSPS) is 27.9. The highest BCUT2D eigenvalue weighted by Crippen LogP contribution is 2.37. The van der Waals surface area contributed by atoms with Crippen LogP contribution in [0.15, 0.2) is 0 Å². The van der Waals surface area contributed by atoms with Gasteiger partial charge in [0.1, 0.15) is 0 Å². The lowest BCUT2D eigenvalue weighted by Gasteiger charge is -2.23. The number of hydrogen-bond donors (Lipinski definition) is 1. The predicted octanol–water partition coefficient (Wildman–Crippen LogP) is 3.30. The van der Waals surface area contributed by atoms with Crippen LogP contribution in [0.1, 0.15) is 46.5 Å². The molecule has 0 heterocycles. The SMILES string of the molecule is CCC(CSC)NC1CCC(C)(C)C1. The summed E-state index contributed by atoms with van der Waals surface area (Å²) in [6.45, 7) is 7.07. The Morgan fingerprint density at radius 3 is 2.64 bits per heavy atom. The summed E-state index contributed by atoms with van der Waals surface area (Å²) < 4.78 is 0. The van der Waals surface area contributed by atoms with Gasteiger partial charge in [-0.15, -0.1) is 0 Å². The van der Waals surface area contributed by atoms with Crippen molar-refractivity contribution in [1.82, 2.24) is 5.32 Å². The second-order valence-corrected chi connectivity index (χ2v) is 6.24. The summed E-state index contributed by atoms with van der Waals surface area (Å²) in [6, 6.07) is 1.51. The van der Waals surface area contributed by atoms with Crippen LogP contribution in [0.3, 0.4) is 0 Å². The van der Waals surface area contributed by atoms with Crippen LogP contribution in [-0.2, 0) is 0 Å². The molecule has 1 N–H and O–H groups in total. The lowest BCUT2D eigenvalue weighted by molar-refractivity contribution is 0.354. The fourth-order valence-electron chi connectivity index (χ4n) is 2.40. The van der Waals surface area contributed by atoms with Gasteiger partial charge in [0.05, 0.1) is 0 Å². The Morgan fingerprint density at radius 2 is 2.21 bits per heavy atom. The van der Waals surface area contributed by atoms with Gasteiger partial charge < -0.3 is 5.32 Å². The van der Waals surface area contributed by atoms with Gasteiger partial charge in [0.2, 0.25) is 0 Å². The molecule has 1 rings (SSSR count). The third kappa shape index (κ3) is 3.82. The van der Waals surface area contributed by atoms with Crippen molar-refractivity contribution in [2.24, 2.45) is 5.41 Å². The maximum Gasteiger partial charge on any atom is 0.0158 e. The Bertz CT molecular complexity index is 168. The molecule has 1 fully saturated rings. The van der Waals surface area contributed by atoms with Crippen molar-refractivity contribution in [2.45, 2.75) is 58.5 Å². The largest absolute Gasteiger partial charge is 0.310 e. The van der Waals surface area contributed by atoms with Crippen LogP contribution < -0.4 is 5.32 Å². The van der Waals surface area contributed by atoms with Gasteiger partial charge in [-0.3, -0.25) is 0 Å². The monoisotopic (exact) mass is 215 g/mol. The van der Waals surface area contributed by atoms with E-state index >= 15 is 0 Å². The minimum atomic E-state index is 0.579. The molecular formula is C12H25NS. The minimum Gasteiger partial charge on any atom is -0.310 e. The Kier molecular flexibility index (Phi) is 4.78. The summed E-state index contributed by atoms with van der Waals surface area (Å²) in [5.74, 6) is 1.26. The molecule has 1 aliphatic rings. The van der Waals surface area contributed by atoms with E-state index in [9.17, 15) is 0 Å². The van der Waals surface area contributed by atoms with Crippen molar-refractivity contribution in [1.29, 1.82) is 0 Å². The lowest BCUT2D eigenvalue weighted by Crippen LogP contribution is -2.38. The highest BCUT2D eigenvalue weighted by atomic mass is 32.2. The van der Waals surface area contributed by atoms with Gasteiger partial charge in [-0.05, 0) is 37.4 Å². The van der Waals surface area contributed by atoms with Crippen molar-refractivity contribution in [3.63, 3.8) is 0 Å². The van der Waals surface area contributed by atoms with Gasteiger partial charge >= 0.3 is 0 Å². The molecule has 1 nitrogen and oxygen atoms in total. The molecule has 0 radical (unpaired) electrons. The summed E-state index contributed by atoms with van der Waals surface area (Å²) in [5.41, 5.74) is 0.579. The molecule has 1 saturated carbocycles. The Morgan fingerprint density at radius 1 is 1.50 bits per heavy atom. The quantitative estimate of drug-likeness (QED) is 0.755. The zero-order valence-corrected chi connectivity index (χ0v) is 10.9. The van der Waals surface area contributed by atoms with Crippen LogP contribution in [0, 0.1) is 5.41 Å². The van der Waals surface area contributed by atoms with E-state index in [1.54, 1.807) is 0 Å². The van der Waals surface area contributed by atoms with Crippen LogP contribution in [0.2, 0.25) is 0 Å². The van der Waals surface area contributed by atoms with Crippen molar-refractivity contribution in [3.8, 4) is 0 Å². The first-order valence-corrected chi connectivity index (χ1v) is 7.22. The molecule has 0 bridgehead atoms. The van der Waals surface area contributed by atoms with Crippen LogP contribution in [0.25, 0.3) is 0 Å². The Balaban J connectivity index is 2.30. The molecule has 0 aliphatic heterocycles. The summed E-state index contributed by atoms with van der Waals surface area (Å²) in [5, 5.41) is 3.80. The number of hydrogen-bond acceptors (Lipinski definition) is 2. The standard InChI is InChI=1S/C12H25NS/c1-5-10(9-14-4)13-11-6-7-12(2,3)8-11/h10-11,13H,5-9H2,1-4H3. The van der Waals surface area contributed by atoms with Gasteiger partial charge in [0, 0.05) is 17.8 Å².